The topological polar surface area (TPSA) is 38.9 Å². The third kappa shape index (κ3) is 5.06. The maximum Gasteiger partial charge on any atom is 0.160 e. The van der Waals surface area contributed by atoms with Crippen LogP contribution in [-0.4, -0.2) is 9.97 Å². The molecule has 2 heterocycles. The standard InChI is InChI=1S/C59H36N2O/c1-2-14-37(15-3-1)38-26-28-39(29-27-38)58-60-54(36-55(61-58)41-31-33-49-48-21-9-13-25-56(48)62-57(49)35-41)40-30-32-47-46-20-8-12-24-52(46)59(53(47)34-40)50-22-10-6-18-44(50)42-16-4-5-17-43(42)45-19-7-11-23-51(45)59/h1-36H. The van der Waals surface area contributed by atoms with E-state index in [1.165, 1.54) is 61.2 Å². The molecule has 0 saturated carbocycles. The zero-order valence-corrected chi connectivity index (χ0v) is 33.6. The number of nitrogens with zero attached hydrogens (tertiary/aromatic N) is 2. The molecule has 3 nitrogen and oxygen atoms in total. The van der Waals surface area contributed by atoms with Crippen molar-refractivity contribution >= 4 is 21.9 Å². The first-order valence-corrected chi connectivity index (χ1v) is 21.2. The van der Waals surface area contributed by atoms with E-state index in [9.17, 15) is 0 Å². The SMILES string of the molecule is c1ccc(-c2ccc(-c3nc(-c4ccc5c(c4)C4(c6ccccc6-c6ccccc6-c6ccccc64)c4ccccc4-5)cc(-c4ccc5c(c4)oc4ccccc45)n3)cc2)cc1. The van der Waals surface area contributed by atoms with Crippen LogP contribution in [0.5, 0.6) is 0 Å². The fourth-order valence-electron chi connectivity index (χ4n) is 10.4. The van der Waals surface area contributed by atoms with E-state index in [1.54, 1.807) is 0 Å². The van der Waals surface area contributed by atoms with Crippen molar-refractivity contribution < 1.29 is 4.42 Å². The first kappa shape index (κ1) is 34.7. The van der Waals surface area contributed by atoms with Crippen LogP contribution >= 0.6 is 0 Å². The van der Waals surface area contributed by atoms with Crippen molar-refractivity contribution in [3.63, 3.8) is 0 Å². The second kappa shape index (κ2) is 13.4. The van der Waals surface area contributed by atoms with Gasteiger partial charge in [0.05, 0.1) is 16.8 Å². The van der Waals surface area contributed by atoms with E-state index in [4.69, 9.17) is 14.4 Å². The average Bonchev–Trinajstić information content (AvgIpc) is 3.84. The smallest absolute Gasteiger partial charge is 0.160 e. The molecule has 3 heteroatoms. The van der Waals surface area contributed by atoms with Crippen LogP contribution in [-0.2, 0) is 5.41 Å². The Hall–Kier alpha value is -8.14. The van der Waals surface area contributed by atoms with Crippen LogP contribution in [0.3, 0.4) is 0 Å². The molecule has 0 N–H and O–H groups in total. The van der Waals surface area contributed by atoms with E-state index in [0.29, 0.717) is 5.82 Å². The Balaban J connectivity index is 1.05. The van der Waals surface area contributed by atoms with Gasteiger partial charge in [0.2, 0.25) is 0 Å². The maximum absolute atomic E-state index is 6.39. The first-order valence-electron chi connectivity index (χ1n) is 21.2. The zero-order valence-electron chi connectivity index (χ0n) is 33.6. The van der Waals surface area contributed by atoms with Crippen LogP contribution in [0.15, 0.2) is 223 Å². The normalized spacial score (nSPS) is 13.0. The van der Waals surface area contributed by atoms with Crippen LogP contribution in [0.25, 0.3) is 100 Å². The Morgan fingerprint density at radius 2 is 0.742 bits per heavy atom. The van der Waals surface area contributed by atoms with Gasteiger partial charge < -0.3 is 4.42 Å². The average molecular weight is 789 g/mol. The number of fused-ring (bicyclic) bond motifs is 15. The molecule has 0 aliphatic heterocycles. The van der Waals surface area contributed by atoms with Crippen molar-refractivity contribution in [2.75, 3.05) is 0 Å². The summed E-state index contributed by atoms with van der Waals surface area (Å²) in [5.41, 5.74) is 20.7. The predicted molar refractivity (Wildman–Crippen MR) is 253 cm³/mol. The molecule has 0 amide bonds. The van der Waals surface area contributed by atoms with Crippen molar-refractivity contribution in [2.45, 2.75) is 5.41 Å². The van der Waals surface area contributed by atoms with Gasteiger partial charge in [-0.25, -0.2) is 9.97 Å². The predicted octanol–water partition coefficient (Wildman–Crippen LogP) is 15.1. The van der Waals surface area contributed by atoms with E-state index in [0.717, 1.165) is 55.6 Å². The largest absolute Gasteiger partial charge is 0.456 e. The lowest BCUT2D eigenvalue weighted by atomic mass is 9.65. The molecule has 11 aromatic rings. The summed E-state index contributed by atoms with van der Waals surface area (Å²) in [6, 6.07) is 78.8. The summed E-state index contributed by atoms with van der Waals surface area (Å²) >= 11 is 0. The summed E-state index contributed by atoms with van der Waals surface area (Å²) in [7, 11) is 0. The quantitative estimate of drug-likeness (QED) is 0.178. The number of aromatic nitrogens is 2. The molecule has 2 aliphatic carbocycles. The van der Waals surface area contributed by atoms with Crippen molar-refractivity contribution in [1.82, 2.24) is 9.97 Å². The van der Waals surface area contributed by atoms with Gasteiger partial charge in [-0.3, -0.25) is 0 Å². The summed E-state index contributed by atoms with van der Waals surface area (Å²) in [4.78, 5) is 10.7. The molecule has 0 radical (unpaired) electrons. The van der Waals surface area contributed by atoms with E-state index < -0.39 is 5.41 Å². The summed E-state index contributed by atoms with van der Waals surface area (Å²) in [5.74, 6) is 0.668. The van der Waals surface area contributed by atoms with Crippen LogP contribution in [0, 0.1) is 0 Å². The molecule has 1 spiro atoms. The Kier molecular flexibility index (Phi) is 7.52. The third-order valence-corrected chi connectivity index (χ3v) is 13.2. The second-order valence-electron chi connectivity index (χ2n) is 16.4. The van der Waals surface area contributed by atoms with Crippen molar-refractivity contribution in [3.8, 4) is 78.4 Å². The maximum atomic E-state index is 6.39. The van der Waals surface area contributed by atoms with Gasteiger partial charge in [-0.05, 0) is 97.1 Å². The Bertz CT molecular complexity index is 3510. The van der Waals surface area contributed by atoms with Gasteiger partial charge in [-0.2, -0.15) is 0 Å². The molecule has 288 valence electrons. The highest BCUT2D eigenvalue weighted by Crippen LogP contribution is 2.61. The summed E-state index contributed by atoms with van der Waals surface area (Å²) in [5, 5.41) is 2.19. The lowest BCUT2D eigenvalue weighted by Crippen LogP contribution is -2.29. The van der Waals surface area contributed by atoms with Gasteiger partial charge in [0.1, 0.15) is 11.2 Å². The van der Waals surface area contributed by atoms with Gasteiger partial charge in [-0.15, -0.1) is 0 Å². The van der Waals surface area contributed by atoms with E-state index >= 15 is 0 Å². The minimum Gasteiger partial charge on any atom is -0.456 e. The number of furan rings is 1. The van der Waals surface area contributed by atoms with E-state index in [1.807, 2.05) is 18.2 Å². The molecule has 0 fully saturated rings. The van der Waals surface area contributed by atoms with Crippen molar-refractivity contribution in [2.24, 2.45) is 0 Å². The van der Waals surface area contributed by atoms with Gasteiger partial charge in [-0.1, -0.05) is 188 Å². The molecule has 2 aliphatic rings. The highest BCUT2D eigenvalue weighted by Gasteiger charge is 2.49. The minimum atomic E-state index is -0.591. The zero-order chi connectivity index (χ0) is 40.8. The molecule has 0 bridgehead atoms. The monoisotopic (exact) mass is 788 g/mol. The molecule has 0 atom stereocenters. The van der Waals surface area contributed by atoms with Crippen LogP contribution in [0.2, 0.25) is 0 Å². The van der Waals surface area contributed by atoms with Crippen LogP contribution in [0.4, 0.5) is 0 Å². The Morgan fingerprint density at radius 1 is 0.290 bits per heavy atom. The Morgan fingerprint density at radius 3 is 1.40 bits per heavy atom. The van der Waals surface area contributed by atoms with Gasteiger partial charge in [0.15, 0.2) is 5.82 Å². The van der Waals surface area contributed by atoms with Gasteiger partial charge >= 0.3 is 0 Å². The van der Waals surface area contributed by atoms with Crippen LogP contribution < -0.4 is 0 Å². The summed E-state index contributed by atoms with van der Waals surface area (Å²) < 4.78 is 6.39. The first-order chi connectivity index (χ1) is 30.7. The lowest BCUT2D eigenvalue weighted by molar-refractivity contribution is 0.669. The fraction of sp³-hybridized carbons (Fsp3) is 0.0169. The summed E-state index contributed by atoms with van der Waals surface area (Å²) in [6.07, 6.45) is 0. The fourth-order valence-corrected chi connectivity index (χ4v) is 10.4. The van der Waals surface area contributed by atoms with E-state index in [-0.39, 0.29) is 0 Å². The van der Waals surface area contributed by atoms with Crippen LogP contribution in [0.1, 0.15) is 22.3 Å². The van der Waals surface area contributed by atoms with Gasteiger partial charge in [0.25, 0.3) is 0 Å². The lowest BCUT2D eigenvalue weighted by Gasteiger charge is -2.35. The number of benzene rings is 9. The summed E-state index contributed by atoms with van der Waals surface area (Å²) in [6.45, 7) is 0. The van der Waals surface area contributed by atoms with Crippen molar-refractivity contribution in [3.05, 3.63) is 241 Å². The Labute approximate surface area is 359 Å². The number of hydrogen-bond acceptors (Lipinski definition) is 3. The molecule has 0 saturated heterocycles. The highest BCUT2D eigenvalue weighted by molar-refractivity contribution is 6.06. The highest BCUT2D eigenvalue weighted by atomic mass is 16.3. The molecule has 13 rings (SSSR count). The molecule has 62 heavy (non-hydrogen) atoms. The van der Waals surface area contributed by atoms with Crippen molar-refractivity contribution in [1.29, 1.82) is 0 Å². The number of rotatable bonds is 4. The molecular formula is C59H36N2O. The molecule has 2 aromatic heterocycles. The number of hydrogen-bond donors (Lipinski definition) is 0. The molecule has 9 aromatic carbocycles. The molecular weight excluding hydrogens is 753 g/mol. The minimum absolute atomic E-state index is 0.591. The number of para-hydroxylation sites is 1. The third-order valence-electron chi connectivity index (χ3n) is 13.2. The molecule has 0 unspecified atom stereocenters. The van der Waals surface area contributed by atoms with Gasteiger partial charge in [0, 0.05) is 27.5 Å². The second-order valence-corrected chi connectivity index (χ2v) is 16.4. The van der Waals surface area contributed by atoms with E-state index in [2.05, 4.69) is 200 Å².